The summed E-state index contributed by atoms with van der Waals surface area (Å²) in [5.74, 6) is -0.379. The number of halogens is 1. The van der Waals surface area contributed by atoms with Crippen LogP contribution in [0.25, 0.3) is 22.0 Å². The van der Waals surface area contributed by atoms with Crippen LogP contribution in [-0.4, -0.2) is 77.7 Å². The number of hydrogen-bond donors (Lipinski definition) is 3. The number of aliphatic hydroxyl groups excluding tert-OH is 1. The minimum absolute atomic E-state index is 0.0490. The van der Waals surface area contributed by atoms with E-state index in [1.165, 1.54) is 0 Å². The van der Waals surface area contributed by atoms with Crippen molar-refractivity contribution in [1.29, 1.82) is 0 Å². The number of morpholine rings is 1. The Bertz CT molecular complexity index is 1330. The molecule has 1 unspecified atom stereocenters. The highest BCUT2D eigenvalue weighted by molar-refractivity contribution is 6.33. The molecule has 1 amide bonds. The van der Waals surface area contributed by atoms with Crippen LogP contribution < -0.4 is 5.73 Å². The van der Waals surface area contributed by atoms with E-state index in [1.54, 1.807) is 18.2 Å². The lowest BCUT2D eigenvalue weighted by Crippen LogP contribution is -2.55. The molecule has 3 aromatic rings. The SMILES string of the molecule is COCCCC[C@@](O)(c1cccc(Cl)c1-c1cnc2ccccc2c1)C1CN(C(=O)[C@H]2C[C@@H](N)[C@@H](O)C2)CCO1. The molecule has 1 aliphatic heterocycles. The molecule has 2 heterocycles. The van der Waals surface area contributed by atoms with Crippen LogP contribution in [0.15, 0.2) is 54.7 Å². The fourth-order valence-corrected chi connectivity index (χ4v) is 6.43. The Balaban J connectivity index is 1.51. The fraction of sp³-hybridized carbons (Fsp3) is 0.484. The molecule has 0 bridgehead atoms. The van der Waals surface area contributed by atoms with Gasteiger partial charge in [0.15, 0.2) is 0 Å². The van der Waals surface area contributed by atoms with Crippen LogP contribution in [0.2, 0.25) is 5.02 Å². The summed E-state index contributed by atoms with van der Waals surface area (Å²) in [6, 6.07) is 15.0. The molecular formula is C31H38ClN3O5. The van der Waals surface area contributed by atoms with Gasteiger partial charge in [-0.1, -0.05) is 41.9 Å². The minimum Gasteiger partial charge on any atom is -0.391 e. The van der Waals surface area contributed by atoms with Gasteiger partial charge in [-0.15, -0.1) is 0 Å². The highest BCUT2D eigenvalue weighted by Crippen LogP contribution is 2.43. The average Bonchev–Trinajstić information content (AvgIpc) is 3.32. The number of carbonyl (C=O) groups is 1. The van der Waals surface area contributed by atoms with Gasteiger partial charge in [0, 0.05) is 60.0 Å². The van der Waals surface area contributed by atoms with Crippen LogP contribution in [0.3, 0.4) is 0 Å². The Labute approximate surface area is 240 Å². The minimum atomic E-state index is -1.44. The number of aromatic nitrogens is 1. The summed E-state index contributed by atoms with van der Waals surface area (Å²) >= 11 is 6.84. The molecule has 2 fully saturated rings. The first-order chi connectivity index (χ1) is 19.3. The summed E-state index contributed by atoms with van der Waals surface area (Å²) in [6.07, 6.45) is 3.08. The monoisotopic (exact) mass is 567 g/mol. The van der Waals surface area contributed by atoms with Crippen molar-refractivity contribution in [2.24, 2.45) is 11.7 Å². The largest absolute Gasteiger partial charge is 0.391 e. The van der Waals surface area contributed by atoms with Crippen molar-refractivity contribution in [3.63, 3.8) is 0 Å². The van der Waals surface area contributed by atoms with Crippen molar-refractivity contribution in [3.8, 4) is 11.1 Å². The molecule has 8 nitrogen and oxygen atoms in total. The van der Waals surface area contributed by atoms with E-state index < -0.39 is 23.9 Å². The molecule has 2 aromatic carbocycles. The molecule has 0 spiro atoms. The van der Waals surface area contributed by atoms with E-state index in [0.29, 0.717) is 61.6 Å². The zero-order chi connectivity index (χ0) is 28.3. The summed E-state index contributed by atoms with van der Waals surface area (Å²) in [4.78, 5) is 19.8. The molecule has 1 saturated heterocycles. The van der Waals surface area contributed by atoms with Gasteiger partial charge >= 0.3 is 0 Å². The quantitative estimate of drug-likeness (QED) is 0.336. The van der Waals surface area contributed by atoms with Crippen LogP contribution in [0.5, 0.6) is 0 Å². The molecular weight excluding hydrogens is 530 g/mol. The van der Waals surface area contributed by atoms with E-state index in [1.807, 2.05) is 48.5 Å². The number of hydrogen-bond acceptors (Lipinski definition) is 7. The standard InChI is InChI=1S/C31H38ClN3O5/c1-39-13-5-4-11-31(38,28-19-35(12-14-40-28)30(37)21-16-25(33)27(36)17-21)23-8-6-9-24(32)29(23)22-15-20-7-2-3-10-26(20)34-18-22/h2-3,6-10,15,18,21,25,27-28,36,38H,4-5,11-14,16-17,19,33H2,1H3/t21-,25+,27-,28?,31+/m0/s1. The van der Waals surface area contributed by atoms with Gasteiger partial charge in [0.05, 0.1) is 24.8 Å². The van der Waals surface area contributed by atoms with Gasteiger partial charge in [0.25, 0.3) is 0 Å². The maximum Gasteiger partial charge on any atom is 0.226 e. The number of carbonyl (C=O) groups excluding carboxylic acids is 1. The first-order valence-corrected chi connectivity index (χ1v) is 14.4. The zero-order valence-corrected chi connectivity index (χ0v) is 23.6. The van der Waals surface area contributed by atoms with Crippen molar-refractivity contribution in [3.05, 3.63) is 65.3 Å². The number of nitrogens with zero attached hydrogens (tertiary/aromatic N) is 2. The Morgan fingerprint density at radius 3 is 2.83 bits per heavy atom. The lowest BCUT2D eigenvalue weighted by molar-refractivity contribution is -0.167. The van der Waals surface area contributed by atoms with Crippen molar-refractivity contribution in [2.75, 3.05) is 33.4 Å². The molecule has 5 rings (SSSR count). The number of aliphatic hydroxyl groups is 2. The lowest BCUT2D eigenvalue weighted by Gasteiger charge is -2.44. The van der Waals surface area contributed by atoms with Gasteiger partial charge in [-0.05, 0) is 55.9 Å². The molecule has 5 atom stereocenters. The highest BCUT2D eigenvalue weighted by Gasteiger charge is 2.45. The highest BCUT2D eigenvalue weighted by atomic mass is 35.5. The lowest BCUT2D eigenvalue weighted by atomic mass is 9.79. The molecule has 40 heavy (non-hydrogen) atoms. The van der Waals surface area contributed by atoms with Gasteiger partial charge in [0.1, 0.15) is 11.7 Å². The second kappa shape index (κ2) is 12.5. The number of ether oxygens (including phenoxy) is 2. The predicted molar refractivity (Wildman–Crippen MR) is 155 cm³/mol. The topological polar surface area (TPSA) is 118 Å². The van der Waals surface area contributed by atoms with Crippen molar-refractivity contribution >= 4 is 28.4 Å². The van der Waals surface area contributed by atoms with Crippen molar-refractivity contribution in [2.45, 2.75) is 56.0 Å². The van der Waals surface area contributed by atoms with E-state index in [0.717, 1.165) is 22.9 Å². The van der Waals surface area contributed by atoms with Gasteiger partial charge in [-0.3, -0.25) is 9.78 Å². The maximum atomic E-state index is 13.4. The third kappa shape index (κ3) is 5.88. The summed E-state index contributed by atoms with van der Waals surface area (Å²) in [5.41, 5.74) is 7.57. The van der Waals surface area contributed by atoms with E-state index in [2.05, 4.69) is 4.98 Å². The first-order valence-electron chi connectivity index (χ1n) is 14.0. The summed E-state index contributed by atoms with van der Waals surface area (Å²) in [6.45, 7) is 1.52. The molecule has 1 saturated carbocycles. The summed E-state index contributed by atoms with van der Waals surface area (Å²) in [7, 11) is 1.66. The Kier molecular flexibility index (Phi) is 9.05. The second-order valence-electron chi connectivity index (χ2n) is 11.0. The molecule has 2 aliphatic rings. The normalized spacial score (nSPS) is 24.8. The fourth-order valence-electron chi connectivity index (χ4n) is 6.14. The van der Waals surface area contributed by atoms with Crippen LogP contribution in [0.1, 0.15) is 37.7 Å². The molecule has 0 radical (unpaired) electrons. The zero-order valence-electron chi connectivity index (χ0n) is 22.8. The number of fused-ring (bicyclic) bond motifs is 1. The van der Waals surface area contributed by atoms with Crippen LogP contribution in [0, 0.1) is 5.92 Å². The molecule has 9 heteroatoms. The van der Waals surface area contributed by atoms with Crippen LogP contribution in [0.4, 0.5) is 0 Å². The van der Waals surface area contributed by atoms with E-state index >= 15 is 0 Å². The van der Waals surface area contributed by atoms with Crippen molar-refractivity contribution < 1.29 is 24.5 Å². The third-order valence-corrected chi connectivity index (χ3v) is 8.67. The molecule has 214 valence electrons. The van der Waals surface area contributed by atoms with Crippen LogP contribution >= 0.6 is 11.6 Å². The van der Waals surface area contributed by atoms with Gasteiger partial charge < -0.3 is 30.3 Å². The number of para-hydroxylation sites is 1. The van der Waals surface area contributed by atoms with E-state index in [-0.39, 0.29) is 18.4 Å². The maximum absolute atomic E-state index is 13.4. The number of nitrogens with two attached hydrogens (primary N) is 1. The Morgan fingerprint density at radius 1 is 1.23 bits per heavy atom. The number of benzene rings is 2. The number of unbranched alkanes of at least 4 members (excludes halogenated alkanes) is 1. The van der Waals surface area contributed by atoms with Gasteiger partial charge in [-0.25, -0.2) is 0 Å². The Hall–Kier alpha value is -2.59. The molecule has 4 N–H and O–H groups in total. The van der Waals surface area contributed by atoms with Crippen molar-refractivity contribution in [1.82, 2.24) is 9.88 Å². The number of rotatable bonds is 9. The Morgan fingerprint density at radius 2 is 2.05 bits per heavy atom. The predicted octanol–water partition coefficient (Wildman–Crippen LogP) is 3.89. The smallest absolute Gasteiger partial charge is 0.226 e. The molecule has 1 aliphatic carbocycles. The summed E-state index contributed by atoms with van der Waals surface area (Å²) < 4.78 is 11.5. The van der Waals surface area contributed by atoms with Gasteiger partial charge in [-0.2, -0.15) is 0 Å². The number of methoxy groups -OCH3 is 1. The number of amides is 1. The first kappa shape index (κ1) is 28.9. The third-order valence-electron chi connectivity index (χ3n) is 8.35. The molecule has 1 aromatic heterocycles. The number of pyridine rings is 1. The van der Waals surface area contributed by atoms with Crippen LogP contribution in [-0.2, 0) is 19.9 Å². The average molecular weight is 568 g/mol. The van der Waals surface area contributed by atoms with Gasteiger partial charge in [0.2, 0.25) is 5.91 Å². The van der Waals surface area contributed by atoms with E-state index in [9.17, 15) is 15.0 Å². The summed E-state index contributed by atoms with van der Waals surface area (Å²) in [5, 5.41) is 24.2. The van der Waals surface area contributed by atoms with E-state index in [4.69, 9.17) is 26.8 Å². The second-order valence-corrected chi connectivity index (χ2v) is 11.4.